The van der Waals surface area contributed by atoms with Crippen LogP contribution in [0.25, 0.3) is 0 Å². The Morgan fingerprint density at radius 1 is 0.935 bits per heavy atom. The van der Waals surface area contributed by atoms with Gasteiger partial charge in [0.2, 0.25) is 11.8 Å². The maximum atomic E-state index is 13.5. The van der Waals surface area contributed by atoms with Gasteiger partial charge >= 0.3 is 0 Å². The number of hydrogen-bond acceptors (Lipinski definition) is 3. The summed E-state index contributed by atoms with van der Waals surface area (Å²) in [5.74, 6) is -0.208. The molecule has 2 atom stereocenters. The Bertz CT molecular complexity index is 938. The Morgan fingerprint density at radius 2 is 1.61 bits per heavy atom. The summed E-state index contributed by atoms with van der Waals surface area (Å²) in [7, 11) is 5.90. The Morgan fingerprint density at radius 3 is 2.32 bits per heavy atom. The smallest absolute Gasteiger partial charge is 0.230 e. The molecule has 2 aliphatic rings. The zero-order valence-corrected chi connectivity index (χ0v) is 18.9. The van der Waals surface area contributed by atoms with Crippen molar-refractivity contribution in [2.75, 3.05) is 37.5 Å². The summed E-state index contributed by atoms with van der Waals surface area (Å²) in [6.45, 7) is 1.29. The van der Waals surface area contributed by atoms with E-state index in [-0.39, 0.29) is 23.7 Å². The molecule has 0 N–H and O–H groups in total. The van der Waals surface area contributed by atoms with Crippen LogP contribution in [0.5, 0.6) is 0 Å². The molecule has 2 aromatic carbocycles. The molecule has 0 spiro atoms. The molecule has 1 aliphatic heterocycles. The van der Waals surface area contributed by atoms with Crippen molar-refractivity contribution in [1.82, 2.24) is 4.90 Å². The second-order valence-electron chi connectivity index (χ2n) is 9.12. The van der Waals surface area contributed by atoms with E-state index in [4.69, 9.17) is 0 Å². The molecule has 31 heavy (non-hydrogen) atoms. The molecule has 0 radical (unpaired) electrons. The number of hydrogen-bond donors (Lipinski definition) is 0. The van der Waals surface area contributed by atoms with Gasteiger partial charge in [-0.2, -0.15) is 0 Å². The molecule has 0 saturated heterocycles. The van der Waals surface area contributed by atoms with Gasteiger partial charge < -0.3 is 14.7 Å². The zero-order valence-electron chi connectivity index (χ0n) is 18.9. The number of fused-ring (bicyclic) bond motifs is 1. The second-order valence-corrected chi connectivity index (χ2v) is 9.12. The van der Waals surface area contributed by atoms with Crippen molar-refractivity contribution < 1.29 is 9.59 Å². The van der Waals surface area contributed by atoms with E-state index in [0.717, 1.165) is 55.6 Å². The molecule has 1 fully saturated rings. The van der Waals surface area contributed by atoms with E-state index >= 15 is 0 Å². The average molecular weight is 420 g/mol. The third kappa shape index (κ3) is 4.46. The van der Waals surface area contributed by atoms with E-state index in [9.17, 15) is 9.59 Å². The largest absolute Gasteiger partial charge is 0.378 e. The molecule has 0 aromatic heterocycles. The van der Waals surface area contributed by atoms with Crippen LogP contribution in [0, 0.1) is 11.8 Å². The van der Waals surface area contributed by atoms with Gasteiger partial charge in [0.15, 0.2) is 0 Å². The van der Waals surface area contributed by atoms with E-state index in [1.807, 2.05) is 44.2 Å². The minimum atomic E-state index is -0.222. The molecule has 0 bridgehead atoms. The van der Waals surface area contributed by atoms with Crippen molar-refractivity contribution >= 4 is 23.2 Å². The molecule has 1 aliphatic carbocycles. The molecule has 5 nitrogen and oxygen atoms in total. The summed E-state index contributed by atoms with van der Waals surface area (Å²) in [5.41, 5.74) is 4.50. The lowest BCUT2D eigenvalue weighted by molar-refractivity contribution is -0.142. The number of amides is 2. The Balaban J connectivity index is 1.46. The van der Waals surface area contributed by atoms with E-state index in [1.54, 1.807) is 4.90 Å². The zero-order chi connectivity index (χ0) is 22.0. The highest BCUT2D eigenvalue weighted by Crippen LogP contribution is 2.36. The number of nitrogens with zero attached hydrogens (tertiary/aromatic N) is 3. The molecule has 2 amide bonds. The van der Waals surface area contributed by atoms with Crippen molar-refractivity contribution in [2.45, 2.75) is 38.6 Å². The summed E-state index contributed by atoms with van der Waals surface area (Å²) in [5, 5.41) is 0. The normalized spacial score (nSPS) is 20.3. The fourth-order valence-corrected chi connectivity index (χ4v) is 5.02. The van der Waals surface area contributed by atoms with Crippen molar-refractivity contribution in [3.63, 3.8) is 0 Å². The topological polar surface area (TPSA) is 43.9 Å². The van der Waals surface area contributed by atoms with Crippen LogP contribution in [0.3, 0.4) is 0 Å². The van der Waals surface area contributed by atoms with Gasteiger partial charge in [0.25, 0.3) is 0 Å². The first-order valence-electron chi connectivity index (χ1n) is 11.4. The van der Waals surface area contributed by atoms with Gasteiger partial charge in [-0.3, -0.25) is 9.59 Å². The van der Waals surface area contributed by atoms with Crippen LogP contribution in [0.1, 0.15) is 36.8 Å². The number of carbonyl (C=O) groups is 2. The van der Waals surface area contributed by atoms with Gasteiger partial charge in [-0.05, 0) is 48.6 Å². The van der Waals surface area contributed by atoms with Gasteiger partial charge in [-0.25, -0.2) is 0 Å². The number of para-hydroxylation sites is 1. The molecule has 164 valence electrons. The van der Waals surface area contributed by atoms with Crippen LogP contribution < -0.4 is 9.80 Å². The Hall–Kier alpha value is -2.82. The lowest BCUT2D eigenvalue weighted by Crippen LogP contribution is -2.45. The third-order valence-corrected chi connectivity index (χ3v) is 6.80. The molecular formula is C26H33N3O2. The molecule has 1 heterocycles. The predicted molar refractivity (Wildman–Crippen MR) is 125 cm³/mol. The van der Waals surface area contributed by atoms with Crippen molar-refractivity contribution in [3.8, 4) is 0 Å². The van der Waals surface area contributed by atoms with Crippen molar-refractivity contribution in [3.05, 3.63) is 59.7 Å². The van der Waals surface area contributed by atoms with Gasteiger partial charge in [-0.1, -0.05) is 43.2 Å². The van der Waals surface area contributed by atoms with Gasteiger partial charge in [0.05, 0.1) is 5.92 Å². The van der Waals surface area contributed by atoms with Gasteiger partial charge in [0, 0.05) is 51.5 Å². The number of benzene rings is 2. The molecule has 5 heteroatoms. The van der Waals surface area contributed by atoms with Crippen LogP contribution in [0.4, 0.5) is 11.4 Å². The van der Waals surface area contributed by atoms with Crippen molar-refractivity contribution in [2.24, 2.45) is 11.8 Å². The number of carbonyl (C=O) groups excluding carboxylic acids is 2. The minimum absolute atomic E-state index is 0.0993. The highest BCUT2D eigenvalue weighted by molar-refractivity contribution is 5.99. The number of rotatable bonds is 5. The maximum Gasteiger partial charge on any atom is 0.230 e. The van der Waals surface area contributed by atoms with Crippen LogP contribution in [-0.2, 0) is 22.6 Å². The lowest BCUT2D eigenvalue weighted by atomic mass is 9.77. The standard InChI is InChI=1S/C26H33N3O2/c1-27(2)21-14-12-19(13-15-21)18-28(3)25(30)22-9-5-6-10-23(22)26(31)29-17-16-20-8-4-7-11-24(20)29/h4,7-8,11-15,22-23H,5-6,9-10,16-18H2,1-3H3. The molecular weight excluding hydrogens is 386 g/mol. The van der Waals surface area contributed by atoms with E-state index in [1.165, 1.54) is 5.56 Å². The average Bonchev–Trinajstić information content (AvgIpc) is 3.22. The quantitative estimate of drug-likeness (QED) is 0.733. The van der Waals surface area contributed by atoms with Gasteiger partial charge in [0.1, 0.15) is 0 Å². The summed E-state index contributed by atoms with van der Waals surface area (Å²) < 4.78 is 0. The van der Waals surface area contributed by atoms with Crippen molar-refractivity contribution in [1.29, 1.82) is 0 Å². The Kier molecular flexibility index (Phi) is 6.30. The fraction of sp³-hybridized carbons (Fsp3) is 0.462. The van der Waals surface area contributed by atoms with E-state index in [2.05, 4.69) is 35.2 Å². The van der Waals surface area contributed by atoms with Crippen LogP contribution in [0.15, 0.2) is 48.5 Å². The first-order chi connectivity index (χ1) is 15.0. The van der Waals surface area contributed by atoms with Crippen LogP contribution in [0.2, 0.25) is 0 Å². The maximum absolute atomic E-state index is 13.5. The summed E-state index contributed by atoms with van der Waals surface area (Å²) in [4.78, 5) is 32.7. The van der Waals surface area contributed by atoms with E-state index in [0.29, 0.717) is 6.54 Å². The third-order valence-electron chi connectivity index (χ3n) is 6.80. The monoisotopic (exact) mass is 419 g/mol. The van der Waals surface area contributed by atoms with Crippen LogP contribution >= 0.6 is 0 Å². The first-order valence-corrected chi connectivity index (χ1v) is 11.4. The fourth-order valence-electron chi connectivity index (χ4n) is 5.02. The SMILES string of the molecule is CN(Cc1ccc(N(C)C)cc1)C(=O)C1CCCCC1C(=O)N1CCc2ccccc21. The second kappa shape index (κ2) is 9.13. The van der Waals surface area contributed by atoms with E-state index < -0.39 is 0 Å². The molecule has 4 rings (SSSR count). The van der Waals surface area contributed by atoms with Gasteiger partial charge in [-0.15, -0.1) is 0 Å². The first kappa shape index (κ1) is 21.4. The predicted octanol–water partition coefficient (Wildman–Crippen LogP) is 4.11. The van der Waals surface area contributed by atoms with Crippen LogP contribution in [-0.4, -0.2) is 44.4 Å². The minimum Gasteiger partial charge on any atom is -0.378 e. The summed E-state index contributed by atoms with van der Waals surface area (Å²) >= 11 is 0. The Labute approximate surface area is 185 Å². The molecule has 1 saturated carbocycles. The molecule has 2 aromatic rings. The summed E-state index contributed by atoms with van der Waals surface area (Å²) in [6, 6.07) is 16.4. The highest BCUT2D eigenvalue weighted by atomic mass is 16.2. The lowest BCUT2D eigenvalue weighted by Gasteiger charge is -2.35. The number of anilines is 2. The summed E-state index contributed by atoms with van der Waals surface area (Å²) in [6.07, 6.45) is 4.54. The molecule has 2 unspecified atom stereocenters. The highest BCUT2D eigenvalue weighted by Gasteiger charge is 2.40.